The lowest BCUT2D eigenvalue weighted by atomic mass is 10.1. The average molecular weight is 358 g/mol. The van der Waals surface area contributed by atoms with Gasteiger partial charge in [-0.2, -0.15) is 0 Å². The highest BCUT2D eigenvalue weighted by Crippen LogP contribution is 2.24. The molecule has 1 aliphatic heterocycles. The summed E-state index contributed by atoms with van der Waals surface area (Å²) in [6.07, 6.45) is 1.41. The Hall–Kier alpha value is -2.70. The quantitative estimate of drug-likeness (QED) is 0.590. The first kappa shape index (κ1) is 18.1. The predicted molar refractivity (Wildman–Crippen MR) is 92.5 cm³/mol. The van der Waals surface area contributed by atoms with Crippen LogP contribution in [0.2, 0.25) is 0 Å². The van der Waals surface area contributed by atoms with Gasteiger partial charge in [0.05, 0.1) is 11.1 Å². The number of carbonyl (C=O) groups excluding carboxylic acids is 4. The smallest absolute Gasteiger partial charge is 0.306 e. The summed E-state index contributed by atoms with van der Waals surface area (Å²) in [5.41, 5.74) is 1.71. The molecule has 138 valence electrons. The highest BCUT2D eigenvalue weighted by Gasteiger charge is 2.35. The normalized spacial score (nSPS) is 17.1. The number of ether oxygens (including phenoxy) is 1. The molecule has 1 heterocycles. The minimum Gasteiger partial charge on any atom is -0.453 e. The summed E-state index contributed by atoms with van der Waals surface area (Å²) in [5, 5.41) is 2.77. The summed E-state index contributed by atoms with van der Waals surface area (Å²) in [7, 11) is 0. The van der Waals surface area contributed by atoms with E-state index in [9.17, 15) is 19.2 Å². The zero-order valence-electron chi connectivity index (χ0n) is 14.9. The largest absolute Gasteiger partial charge is 0.453 e. The number of rotatable bonds is 7. The van der Waals surface area contributed by atoms with Gasteiger partial charge in [-0.15, -0.1) is 0 Å². The standard InChI is InChI=1S/C19H22N2O5/c1-11-5-8-14-15(10-11)19(25)21(18(14)24)9-3-4-16(22)26-12(2)17(23)20-13-6-7-13/h5,8,10,12-13H,3-4,6-7,9H2,1-2H3,(H,20,23). The molecule has 1 saturated carbocycles. The Morgan fingerprint density at radius 3 is 2.62 bits per heavy atom. The third-order valence-corrected chi connectivity index (χ3v) is 4.49. The van der Waals surface area contributed by atoms with Crippen molar-refractivity contribution < 1.29 is 23.9 Å². The molecular weight excluding hydrogens is 336 g/mol. The lowest BCUT2D eigenvalue weighted by Gasteiger charge is -2.15. The Labute approximate surface area is 151 Å². The second-order valence-corrected chi connectivity index (χ2v) is 6.83. The number of hydrogen-bond donors (Lipinski definition) is 1. The van der Waals surface area contributed by atoms with Gasteiger partial charge in [0.1, 0.15) is 0 Å². The summed E-state index contributed by atoms with van der Waals surface area (Å²) in [5.74, 6) is -1.48. The minimum atomic E-state index is -0.842. The zero-order valence-corrected chi connectivity index (χ0v) is 14.9. The van der Waals surface area contributed by atoms with Crippen LogP contribution in [0.3, 0.4) is 0 Å². The van der Waals surface area contributed by atoms with Crippen molar-refractivity contribution in [3.63, 3.8) is 0 Å². The molecule has 1 aromatic rings. The van der Waals surface area contributed by atoms with Crippen molar-refractivity contribution in [2.75, 3.05) is 6.54 Å². The number of hydrogen-bond acceptors (Lipinski definition) is 5. The fraction of sp³-hybridized carbons (Fsp3) is 0.474. The predicted octanol–water partition coefficient (Wildman–Crippen LogP) is 1.58. The lowest BCUT2D eigenvalue weighted by molar-refractivity contribution is -0.155. The van der Waals surface area contributed by atoms with Crippen molar-refractivity contribution in [2.24, 2.45) is 0 Å². The van der Waals surface area contributed by atoms with Crippen molar-refractivity contribution in [3.05, 3.63) is 34.9 Å². The van der Waals surface area contributed by atoms with E-state index in [1.807, 2.05) is 6.92 Å². The fourth-order valence-electron chi connectivity index (χ4n) is 2.84. The first-order valence-corrected chi connectivity index (χ1v) is 8.83. The van der Waals surface area contributed by atoms with Crippen molar-refractivity contribution in [1.82, 2.24) is 10.2 Å². The average Bonchev–Trinajstić information content (AvgIpc) is 3.37. The van der Waals surface area contributed by atoms with Crippen LogP contribution < -0.4 is 5.32 Å². The number of fused-ring (bicyclic) bond motifs is 1. The summed E-state index contributed by atoms with van der Waals surface area (Å²) in [6, 6.07) is 5.35. The van der Waals surface area contributed by atoms with E-state index in [-0.39, 0.29) is 36.7 Å². The number of nitrogens with one attached hydrogen (secondary N) is 1. The van der Waals surface area contributed by atoms with Gasteiger partial charge in [-0.1, -0.05) is 11.6 Å². The van der Waals surface area contributed by atoms with Gasteiger partial charge < -0.3 is 10.1 Å². The van der Waals surface area contributed by atoms with Crippen LogP contribution in [0, 0.1) is 6.92 Å². The molecule has 0 bridgehead atoms. The first-order valence-electron chi connectivity index (χ1n) is 8.83. The molecule has 1 atom stereocenters. The van der Waals surface area contributed by atoms with Crippen LogP contribution in [0.1, 0.15) is 58.9 Å². The third kappa shape index (κ3) is 3.92. The van der Waals surface area contributed by atoms with Crippen molar-refractivity contribution in [1.29, 1.82) is 0 Å². The third-order valence-electron chi connectivity index (χ3n) is 4.49. The second kappa shape index (κ2) is 7.27. The van der Waals surface area contributed by atoms with Crippen LogP contribution in [0.5, 0.6) is 0 Å². The van der Waals surface area contributed by atoms with E-state index in [1.165, 1.54) is 6.92 Å². The molecule has 3 rings (SSSR count). The van der Waals surface area contributed by atoms with Gasteiger partial charge in [0, 0.05) is 19.0 Å². The molecule has 3 amide bonds. The number of carbonyl (C=O) groups is 4. The first-order chi connectivity index (χ1) is 12.4. The molecule has 1 N–H and O–H groups in total. The number of aryl methyl sites for hydroxylation is 1. The van der Waals surface area contributed by atoms with Crippen molar-refractivity contribution in [2.45, 2.75) is 51.7 Å². The van der Waals surface area contributed by atoms with E-state index in [0.717, 1.165) is 23.3 Å². The van der Waals surface area contributed by atoms with E-state index in [2.05, 4.69) is 5.32 Å². The zero-order chi connectivity index (χ0) is 18.8. The maximum absolute atomic E-state index is 12.3. The number of imide groups is 1. The molecule has 7 heteroatoms. The van der Waals surface area contributed by atoms with Gasteiger partial charge in [-0.25, -0.2) is 0 Å². The summed E-state index contributed by atoms with van der Waals surface area (Å²) < 4.78 is 5.10. The van der Waals surface area contributed by atoms with Crippen LogP contribution in [0.25, 0.3) is 0 Å². The molecule has 0 spiro atoms. The topological polar surface area (TPSA) is 92.8 Å². The monoisotopic (exact) mass is 358 g/mol. The maximum Gasteiger partial charge on any atom is 0.306 e. The molecule has 0 radical (unpaired) electrons. The van der Waals surface area contributed by atoms with Crippen LogP contribution in [0.15, 0.2) is 18.2 Å². The number of amides is 3. The molecule has 1 aliphatic carbocycles. The fourth-order valence-corrected chi connectivity index (χ4v) is 2.84. The molecule has 26 heavy (non-hydrogen) atoms. The molecule has 7 nitrogen and oxygen atoms in total. The Balaban J connectivity index is 1.46. The molecule has 0 saturated heterocycles. The molecule has 1 fully saturated rings. The Morgan fingerprint density at radius 1 is 1.23 bits per heavy atom. The number of esters is 1. The molecule has 0 aromatic heterocycles. The van der Waals surface area contributed by atoms with Gasteiger partial charge in [0.2, 0.25) is 0 Å². The van der Waals surface area contributed by atoms with Crippen LogP contribution in [-0.2, 0) is 14.3 Å². The van der Waals surface area contributed by atoms with E-state index in [4.69, 9.17) is 4.74 Å². The summed E-state index contributed by atoms with van der Waals surface area (Å²) in [4.78, 5) is 49.4. The Kier molecular flexibility index (Phi) is 5.06. The van der Waals surface area contributed by atoms with Gasteiger partial charge in [-0.3, -0.25) is 24.1 Å². The summed E-state index contributed by atoms with van der Waals surface area (Å²) in [6.45, 7) is 3.53. The van der Waals surface area contributed by atoms with Crippen LogP contribution >= 0.6 is 0 Å². The maximum atomic E-state index is 12.3. The summed E-state index contributed by atoms with van der Waals surface area (Å²) >= 11 is 0. The molecule has 1 aromatic carbocycles. The number of benzene rings is 1. The van der Waals surface area contributed by atoms with E-state index in [0.29, 0.717) is 17.5 Å². The van der Waals surface area contributed by atoms with Gasteiger partial charge in [0.15, 0.2) is 6.10 Å². The number of nitrogens with zero attached hydrogens (tertiary/aromatic N) is 1. The van der Waals surface area contributed by atoms with E-state index >= 15 is 0 Å². The molecule has 1 unspecified atom stereocenters. The van der Waals surface area contributed by atoms with Gasteiger partial charge in [0.25, 0.3) is 17.7 Å². The Bertz CT molecular complexity index is 769. The van der Waals surface area contributed by atoms with Gasteiger partial charge >= 0.3 is 5.97 Å². The van der Waals surface area contributed by atoms with Crippen LogP contribution in [0.4, 0.5) is 0 Å². The molecular formula is C19H22N2O5. The highest BCUT2D eigenvalue weighted by atomic mass is 16.5. The van der Waals surface area contributed by atoms with E-state index < -0.39 is 12.1 Å². The van der Waals surface area contributed by atoms with E-state index in [1.54, 1.807) is 18.2 Å². The minimum absolute atomic E-state index is 0.0352. The lowest BCUT2D eigenvalue weighted by Crippen LogP contribution is -2.37. The molecule has 2 aliphatic rings. The van der Waals surface area contributed by atoms with Crippen molar-refractivity contribution in [3.8, 4) is 0 Å². The van der Waals surface area contributed by atoms with Crippen LogP contribution in [-0.4, -0.2) is 47.3 Å². The Morgan fingerprint density at radius 2 is 1.92 bits per heavy atom. The second-order valence-electron chi connectivity index (χ2n) is 6.83. The van der Waals surface area contributed by atoms with Crippen molar-refractivity contribution >= 4 is 23.7 Å². The SMILES string of the molecule is Cc1ccc2c(c1)C(=O)N(CCCC(=O)OC(C)C(=O)NC1CC1)C2=O. The highest BCUT2D eigenvalue weighted by molar-refractivity contribution is 6.21. The van der Waals surface area contributed by atoms with Gasteiger partial charge in [-0.05, 0) is 45.2 Å².